The van der Waals surface area contributed by atoms with Crippen LogP contribution in [0, 0.1) is 6.92 Å². The van der Waals surface area contributed by atoms with E-state index in [0.717, 1.165) is 19.4 Å². The fourth-order valence-electron chi connectivity index (χ4n) is 4.09. The van der Waals surface area contributed by atoms with Crippen LogP contribution in [0.5, 0.6) is 0 Å². The predicted molar refractivity (Wildman–Crippen MR) is 120 cm³/mol. The number of sulfonamides is 1. The zero-order valence-corrected chi connectivity index (χ0v) is 18.6. The molecule has 2 saturated heterocycles. The predicted octanol–water partition coefficient (Wildman–Crippen LogP) is 2.27. The number of amides is 1. The Bertz CT molecular complexity index is 1020. The van der Waals surface area contributed by atoms with Gasteiger partial charge in [0.2, 0.25) is 15.9 Å². The minimum atomic E-state index is -3.62. The average Bonchev–Trinajstić information content (AvgIpc) is 2.77. The lowest BCUT2D eigenvalue weighted by molar-refractivity contribution is -0.119. The molecule has 0 saturated carbocycles. The topological polar surface area (TPSA) is 79.0 Å². The van der Waals surface area contributed by atoms with E-state index in [2.05, 4.69) is 22.3 Å². The molecule has 0 aromatic heterocycles. The van der Waals surface area contributed by atoms with E-state index in [0.29, 0.717) is 50.1 Å². The third kappa shape index (κ3) is 5.15. The van der Waals surface area contributed by atoms with Gasteiger partial charge in [-0.1, -0.05) is 36.4 Å². The van der Waals surface area contributed by atoms with Crippen LogP contribution < -0.4 is 5.32 Å². The molecule has 166 valence electrons. The van der Waals surface area contributed by atoms with E-state index in [-0.39, 0.29) is 10.8 Å². The van der Waals surface area contributed by atoms with E-state index >= 15 is 0 Å². The van der Waals surface area contributed by atoms with Gasteiger partial charge in [-0.3, -0.25) is 9.69 Å². The maximum absolute atomic E-state index is 13.0. The Balaban J connectivity index is 1.39. The van der Waals surface area contributed by atoms with Gasteiger partial charge >= 0.3 is 0 Å². The first-order valence-electron chi connectivity index (χ1n) is 10.7. The minimum absolute atomic E-state index is 0.128. The van der Waals surface area contributed by atoms with E-state index in [4.69, 9.17) is 4.74 Å². The number of nitrogens with one attached hydrogen (secondary N) is 1. The van der Waals surface area contributed by atoms with Gasteiger partial charge in [-0.15, -0.1) is 0 Å². The summed E-state index contributed by atoms with van der Waals surface area (Å²) in [5, 5.41) is 2.88. The molecule has 2 fully saturated rings. The van der Waals surface area contributed by atoms with Crippen LogP contribution in [0.3, 0.4) is 0 Å². The second-order valence-corrected chi connectivity index (χ2v) is 10.1. The van der Waals surface area contributed by atoms with Gasteiger partial charge in [-0.05, 0) is 43.0 Å². The number of aryl methyl sites for hydroxylation is 1. The lowest BCUT2D eigenvalue weighted by atomic mass is 9.95. The van der Waals surface area contributed by atoms with E-state index in [1.165, 1.54) is 9.87 Å². The molecule has 2 aliphatic rings. The molecule has 7 nitrogen and oxygen atoms in total. The Kier molecular flexibility index (Phi) is 6.71. The lowest BCUT2D eigenvalue weighted by Gasteiger charge is -2.40. The Labute approximate surface area is 184 Å². The maximum Gasteiger partial charge on any atom is 0.243 e. The summed E-state index contributed by atoms with van der Waals surface area (Å²) in [7, 11) is -3.62. The summed E-state index contributed by atoms with van der Waals surface area (Å²) in [6, 6.07) is 15.7. The number of ether oxygens (including phenoxy) is 1. The molecule has 8 heteroatoms. The summed E-state index contributed by atoms with van der Waals surface area (Å²) >= 11 is 0. The number of rotatable bonds is 7. The number of hydrogen-bond donors (Lipinski definition) is 1. The number of carbonyl (C=O) groups excluding carboxylic acids is 1. The quantitative estimate of drug-likeness (QED) is 0.710. The molecule has 1 N–H and O–H groups in total. The highest BCUT2D eigenvalue weighted by Gasteiger charge is 2.30. The Morgan fingerprint density at radius 2 is 1.84 bits per heavy atom. The molecule has 1 amide bonds. The summed E-state index contributed by atoms with van der Waals surface area (Å²) in [6.45, 7) is 4.45. The van der Waals surface area contributed by atoms with Crippen LogP contribution in [0.1, 0.15) is 17.5 Å². The number of nitrogens with zero attached hydrogens (tertiary/aromatic N) is 2. The molecule has 31 heavy (non-hydrogen) atoms. The normalized spacial score (nSPS) is 20.2. The number of morpholine rings is 1. The first-order valence-corrected chi connectivity index (χ1v) is 12.1. The largest absolute Gasteiger partial charge is 0.379 e. The first-order chi connectivity index (χ1) is 14.9. The van der Waals surface area contributed by atoms with Crippen LogP contribution in [0.15, 0.2) is 53.4 Å². The summed E-state index contributed by atoms with van der Waals surface area (Å²) < 4.78 is 32.8. The second-order valence-electron chi connectivity index (χ2n) is 8.15. The molecule has 1 atom stereocenters. The van der Waals surface area contributed by atoms with Crippen LogP contribution in [0.4, 0.5) is 5.69 Å². The molecule has 2 aliphatic heterocycles. The van der Waals surface area contributed by atoms with Crippen molar-refractivity contribution in [3.8, 4) is 0 Å². The molecular weight excluding hydrogens is 414 g/mol. The zero-order chi connectivity index (χ0) is 21.8. The minimum Gasteiger partial charge on any atom is -0.379 e. The van der Waals surface area contributed by atoms with Crippen LogP contribution in [0.2, 0.25) is 0 Å². The monoisotopic (exact) mass is 443 g/mol. The Morgan fingerprint density at radius 3 is 2.52 bits per heavy atom. The van der Waals surface area contributed by atoms with Gasteiger partial charge in [0, 0.05) is 31.4 Å². The van der Waals surface area contributed by atoms with Crippen LogP contribution in [0.25, 0.3) is 0 Å². The van der Waals surface area contributed by atoms with Crippen molar-refractivity contribution < 1.29 is 17.9 Å². The molecule has 2 heterocycles. The van der Waals surface area contributed by atoms with Crippen LogP contribution in [-0.4, -0.2) is 69.0 Å². The Hall–Kier alpha value is -2.26. The van der Waals surface area contributed by atoms with Gasteiger partial charge in [0.05, 0.1) is 24.7 Å². The van der Waals surface area contributed by atoms with E-state index in [1.54, 1.807) is 25.1 Å². The lowest BCUT2D eigenvalue weighted by Crippen LogP contribution is -2.51. The Morgan fingerprint density at radius 1 is 1.10 bits per heavy atom. The number of likely N-dealkylation sites (tertiary alicyclic amines) is 1. The third-order valence-electron chi connectivity index (χ3n) is 5.99. The molecule has 2 aromatic carbocycles. The fourth-order valence-corrected chi connectivity index (χ4v) is 5.75. The SMILES string of the molecule is Cc1ccc(NC(=O)CN2CC[C@@H]2Cc2ccccc2)cc1S(=O)(=O)N1CCOCC1. The van der Waals surface area contributed by atoms with Gasteiger partial charge in [-0.2, -0.15) is 4.31 Å². The molecule has 2 aromatic rings. The van der Waals surface area contributed by atoms with Gasteiger partial charge < -0.3 is 10.1 Å². The van der Waals surface area contributed by atoms with Crippen molar-refractivity contribution in [1.82, 2.24) is 9.21 Å². The molecule has 0 radical (unpaired) electrons. The van der Waals surface area contributed by atoms with Crippen molar-refractivity contribution in [2.75, 3.05) is 44.7 Å². The van der Waals surface area contributed by atoms with Crippen molar-refractivity contribution in [3.05, 3.63) is 59.7 Å². The van der Waals surface area contributed by atoms with Crippen molar-refractivity contribution in [1.29, 1.82) is 0 Å². The standard InChI is InChI=1S/C23H29N3O4S/c1-18-7-8-20(16-22(18)31(28,29)26-11-13-30-14-12-26)24-23(27)17-25-10-9-21(25)15-19-5-3-2-4-6-19/h2-8,16,21H,9-15,17H2,1H3,(H,24,27)/t21-/m1/s1. The number of carbonyl (C=O) groups is 1. The average molecular weight is 444 g/mol. The molecular formula is C23H29N3O4S. The highest BCUT2D eigenvalue weighted by Crippen LogP contribution is 2.25. The smallest absolute Gasteiger partial charge is 0.243 e. The van der Waals surface area contributed by atoms with E-state index < -0.39 is 10.0 Å². The fraction of sp³-hybridized carbons (Fsp3) is 0.435. The van der Waals surface area contributed by atoms with Gasteiger partial charge in [0.15, 0.2) is 0 Å². The van der Waals surface area contributed by atoms with E-state index in [1.807, 2.05) is 18.2 Å². The summed E-state index contributed by atoms with van der Waals surface area (Å²) in [6.07, 6.45) is 2.01. The van der Waals surface area contributed by atoms with Gasteiger partial charge in [0.25, 0.3) is 0 Å². The molecule has 0 aliphatic carbocycles. The summed E-state index contributed by atoms with van der Waals surface area (Å²) in [4.78, 5) is 15.0. The third-order valence-corrected chi connectivity index (χ3v) is 8.03. The van der Waals surface area contributed by atoms with Crippen LogP contribution in [-0.2, 0) is 26.0 Å². The highest BCUT2D eigenvalue weighted by molar-refractivity contribution is 7.89. The van der Waals surface area contributed by atoms with Crippen molar-refractivity contribution in [2.45, 2.75) is 30.7 Å². The number of hydrogen-bond acceptors (Lipinski definition) is 5. The highest BCUT2D eigenvalue weighted by atomic mass is 32.2. The first kappa shape index (κ1) is 22.0. The molecule has 0 spiro atoms. The number of benzene rings is 2. The maximum atomic E-state index is 13.0. The van der Waals surface area contributed by atoms with Crippen molar-refractivity contribution >= 4 is 21.6 Å². The second kappa shape index (κ2) is 9.48. The van der Waals surface area contributed by atoms with Gasteiger partial charge in [-0.25, -0.2) is 8.42 Å². The van der Waals surface area contributed by atoms with Crippen LogP contribution >= 0.6 is 0 Å². The molecule has 4 rings (SSSR count). The molecule has 0 unspecified atom stereocenters. The van der Waals surface area contributed by atoms with Crippen molar-refractivity contribution in [2.24, 2.45) is 0 Å². The number of anilines is 1. The summed E-state index contributed by atoms with van der Waals surface area (Å²) in [5.41, 5.74) is 2.44. The van der Waals surface area contributed by atoms with Gasteiger partial charge in [0.1, 0.15) is 0 Å². The summed E-state index contributed by atoms with van der Waals surface area (Å²) in [5.74, 6) is -0.128. The zero-order valence-electron chi connectivity index (χ0n) is 17.8. The van der Waals surface area contributed by atoms with E-state index in [9.17, 15) is 13.2 Å². The molecule has 0 bridgehead atoms. The van der Waals surface area contributed by atoms with Crippen molar-refractivity contribution in [3.63, 3.8) is 0 Å².